The molecule has 3 aromatic carbocycles. The molecule has 1 aromatic heterocycles. The maximum atomic E-state index is 14.7. The highest BCUT2D eigenvalue weighted by Crippen LogP contribution is 2.49. The molecule has 32 heavy (non-hydrogen) atoms. The number of H-pyrrole nitrogens is 1. The molecule has 0 saturated carbocycles. The van der Waals surface area contributed by atoms with E-state index in [1.54, 1.807) is 12.1 Å². The van der Waals surface area contributed by atoms with Crippen molar-refractivity contribution in [2.75, 3.05) is 0 Å². The topological polar surface area (TPSA) is 62.8 Å². The molecule has 0 fully saturated rings. The highest BCUT2D eigenvalue weighted by molar-refractivity contribution is 7.78. The molecule has 6 heteroatoms. The molecule has 1 N–H and O–H groups in total. The second kappa shape index (κ2) is 9.05. The van der Waals surface area contributed by atoms with Crippen LogP contribution in [0.5, 0.6) is 0 Å². The molecular formula is C26H24FN2O2P. The third-order valence-electron chi connectivity index (χ3n) is 5.49. The van der Waals surface area contributed by atoms with Crippen LogP contribution in [-0.4, -0.2) is 9.97 Å². The Kier molecular flexibility index (Phi) is 6.20. The molecule has 162 valence electrons. The Hall–Kier alpha value is -3.30. The van der Waals surface area contributed by atoms with Crippen molar-refractivity contribution >= 4 is 17.8 Å². The smallest absolute Gasteiger partial charge is 0.313 e. The summed E-state index contributed by atoms with van der Waals surface area (Å²) in [5.41, 5.74) is 1.97. The number of hydrogen-bond donors (Lipinski definition) is 1. The highest BCUT2D eigenvalue weighted by atomic mass is 31.2. The lowest BCUT2D eigenvalue weighted by Crippen LogP contribution is -2.22. The Balaban J connectivity index is 1.98. The lowest BCUT2D eigenvalue weighted by molar-refractivity contribution is 0.586. The van der Waals surface area contributed by atoms with Gasteiger partial charge in [0, 0.05) is 33.6 Å². The Morgan fingerprint density at radius 3 is 1.91 bits per heavy atom. The average molecular weight is 446 g/mol. The Morgan fingerprint density at radius 2 is 1.41 bits per heavy atom. The van der Waals surface area contributed by atoms with Crippen LogP contribution < -0.4 is 16.3 Å². The zero-order chi connectivity index (χ0) is 22.7. The lowest BCUT2D eigenvalue weighted by Gasteiger charge is -2.23. The number of aromatic amines is 1. The molecule has 0 bridgehead atoms. The van der Waals surface area contributed by atoms with Crippen molar-refractivity contribution in [3.8, 4) is 11.3 Å². The van der Waals surface area contributed by atoms with E-state index in [2.05, 4.69) is 9.97 Å². The van der Waals surface area contributed by atoms with Crippen LogP contribution in [0.25, 0.3) is 11.3 Å². The van der Waals surface area contributed by atoms with Crippen molar-refractivity contribution in [1.82, 2.24) is 9.97 Å². The van der Waals surface area contributed by atoms with E-state index in [0.29, 0.717) is 22.5 Å². The van der Waals surface area contributed by atoms with Gasteiger partial charge in [-0.15, -0.1) is 0 Å². The van der Waals surface area contributed by atoms with Gasteiger partial charge in [-0.05, 0) is 30.2 Å². The summed E-state index contributed by atoms with van der Waals surface area (Å²) in [4.78, 5) is 19.5. The number of benzene rings is 3. The van der Waals surface area contributed by atoms with Gasteiger partial charge in [-0.1, -0.05) is 74.5 Å². The van der Waals surface area contributed by atoms with Crippen LogP contribution in [0.15, 0.2) is 89.7 Å². The highest BCUT2D eigenvalue weighted by Gasteiger charge is 2.31. The molecule has 0 atom stereocenters. The van der Waals surface area contributed by atoms with Crippen molar-refractivity contribution in [2.24, 2.45) is 0 Å². The first-order chi connectivity index (χ1) is 15.4. The summed E-state index contributed by atoms with van der Waals surface area (Å²) in [7, 11) is -3.12. The van der Waals surface area contributed by atoms with E-state index in [0.717, 1.165) is 10.6 Å². The van der Waals surface area contributed by atoms with Crippen LogP contribution >= 0.6 is 7.14 Å². The number of nitrogens with zero attached hydrogens (tertiary/aromatic N) is 1. The van der Waals surface area contributed by atoms with Crippen LogP contribution in [0.3, 0.4) is 0 Å². The van der Waals surface area contributed by atoms with Gasteiger partial charge in [-0.3, -0.25) is 0 Å². The van der Waals surface area contributed by atoms with Gasteiger partial charge in [0.05, 0.1) is 5.69 Å². The third-order valence-corrected chi connectivity index (χ3v) is 8.51. The van der Waals surface area contributed by atoms with Gasteiger partial charge >= 0.3 is 5.69 Å². The van der Waals surface area contributed by atoms with Crippen molar-refractivity contribution < 1.29 is 8.96 Å². The molecule has 4 nitrogen and oxygen atoms in total. The monoisotopic (exact) mass is 446 g/mol. The van der Waals surface area contributed by atoms with Gasteiger partial charge in [-0.2, -0.15) is 4.98 Å². The van der Waals surface area contributed by atoms with Crippen LogP contribution in [0.4, 0.5) is 4.39 Å². The molecule has 0 saturated heterocycles. The second-order valence-corrected chi connectivity index (χ2v) is 10.8. The summed E-state index contributed by atoms with van der Waals surface area (Å²) in [6.45, 7) is 3.94. The fourth-order valence-electron chi connectivity index (χ4n) is 3.91. The molecule has 1 heterocycles. The van der Waals surface area contributed by atoms with E-state index < -0.39 is 12.8 Å². The number of hydrogen-bond acceptors (Lipinski definition) is 3. The molecule has 4 aromatic rings. The third kappa shape index (κ3) is 4.35. The maximum absolute atomic E-state index is 14.7. The Bertz CT molecular complexity index is 1270. The lowest BCUT2D eigenvalue weighted by atomic mass is 10.00. The molecule has 0 aliphatic heterocycles. The first-order valence-electron chi connectivity index (χ1n) is 10.5. The molecule has 0 spiro atoms. The minimum Gasteiger partial charge on any atom is -0.313 e. The molecule has 4 rings (SSSR count). The van der Waals surface area contributed by atoms with Gasteiger partial charge in [-0.25, -0.2) is 9.18 Å². The standard InChI is InChI=1S/C26H24FN2O2P/c1-18(2)24-23(25(29-26(30)28-24)19-13-15-20(27)16-14-19)17-32(31,21-9-5-3-6-10-21)22-11-7-4-8-12-22/h3-16,18H,17H2,1-2H3,(H,28,29,30). The minimum atomic E-state index is -3.12. The maximum Gasteiger partial charge on any atom is 0.345 e. The summed E-state index contributed by atoms with van der Waals surface area (Å²) < 4.78 is 28.3. The fourth-order valence-corrected chi connectivity index (χ4v) is 6.64. The van der Waals surface area contributed by atoms with Gasteiger partial charge in [0.1, 0.15) is 13.0 Å². The summed E-state index contributed by atoms with van der Waals surface area (Å²) in [6.07, 6.45) is 0.186. The molecule has 0 radical (unpaired) electrons. The molecule has 0 unspecified atom stereocenters. The van der Waals surface area contributed by atoms with Gasteiger partial charge in [0.25, 0.3) is 0 Å². The Morgan fingerprint density at radius 1 is 0.875 bits per heavy atom. The predicted octanol–water partition coefficient (Wildman–Crippen LogP) is 5.21. The minimum absolute atomic E-state index is 0.0279. The zero-order valence-electron chi connectivity index (χ0n) is 18.0. The van der Waals surface area contributed by atoms with Crippen molar-refractivity contribution in [3.63, 3.8) is 0 Å². The number of halogens is 1. The number of aromatic nitrogens is 2. The first-order valence-corrected chi connectivity index (χ1v) is 12.4. The predicted molar refractivity (Wildman–Crippen MR) is 128 cm³/mol. The Labute approximate surface area is 186 Å². The SMILES string of the molecule is CC(C)c1[nH]c(=O)nc(-c2ccc(F)cc2)c1CP(=O)(c1ccccc1)c1ccccc1. The zero-order valence-corrected chi connectivity index (χ0v) is 18.9. The van der Waals surface area contributed by atoms with Crippen molar-refractivity contribution in [3.05, 3.63) is 112 Å². The fraction of sp³-hybridized carbons (Fsp3) is 0.154. The average Bonchev–Trinajstić information content (AvgIpc) is 2.81. The van der Waals surface area contributed by atoms with Gasteiger partial charge < -0.3 is 9.55 Å². The van der Waals surface area contributed by atoms with E-state index in [9.17, 15) is 13.8 Å². The van der Waals surface area contributed by atoms with Crippen molar-refractivity contribution in [2.45, 2.75) is 25.9 Å². The molecule has 0 amide bonds. The molecular weight excluding hydrogens is 422 g/mol. The normalized spacial score (nSPS) is 11.6. The quantitative estimate of drug-likeness (QED) is 0.414. The van der Waals surface area contributed by atoms with Gasteiger partial charge in [0.15, 0.2) is 0 Å². The first kappa shape index (κ1) is 21.9. The summed E-state index contributed by atoms with van der Waals surface area (Å²) in [6, 6.07) is 24.7. The summed E-state index contributed by atoms with van der Waals surface area (Å²) in [5, 5.41) is 1.47. The van der Waals surface area contributed by atoms with E-state index in [1.165, 1.54) is 12.1 Å². The van der Waals surface area contributed by atoms with Crippen LogP contribution in [0, 0.1) is 5.82 Å². The van der Waals surface area contributed by atoms with Crippen molar-refractivity contribution in [1.29, 1.82) is 0 Å². The summed E-state index contributed by atoms with van der Waals surface area (Å²) >= 11 is 0. The van der Waals surface area contributed by atoms with E-state index in [-0.39, 0.29) is 17.9 Å². The van der Waals surface area contributed by atoms with Crippen LogP contribution in [0.1, 0.15) is 31.0 Å². The van der Waals surface area contributed by atoms with Gasteiger partial charge in [0.2, 0.25) is 0 Å². The van der Waals surface area contributed by atoms with Crippen LogP contribution in [0.2, 0.25) is 0 Å². The van der Waals surface area contributed by atoms with E-state index in [1.807, 2.05) is 74.5 Å². The molecule has 0 aliphatic carbocycles. The molecule has 0 aliphatic rings. The summed E-state index contributed by atoms with van der Waals surface area (Å²) in [5.74, 6) is -0.400. The number of rotatable bonds is 6. The largest absolute Gasteiger partial charge is 0.345 e. The second-order valence-electron chi connectivity index (χ2n) is 8.01. The van der Waals surface area contributed by atoms with E-state index in [4.69, 9.17) is 0 Å². The number of nitrogens with one attached hydrogen (secondary N) is 1. The van der Waals surface area contributed by atoms with E-state index >= 15 is 0 Å². The van der Waals surface area contributed by atoms with Crippen LogP contribution in [-0.2, 0) is 10.7 Å².